The molecule has 1 unspecified atom stereocenters. The Morgan fingerprint density at radius 1 is 1.39 bits per heavy atom. The van der Waals surface area contributed by atoms with E-state index >= 15 is 0 Å². The van der Waals surface area contributed by atoms with Crippen molar-refractivity contribution in [3.05, 3.63) is 34.3 Å². The Hall–Kier alpha value is -1.40. The second-order valence-corrected chi connectivity index (χ2v) is 5.27. The van der Waals surface area contributed by atoms with Crippen molar-refractivity contribution in [2.24, 2.45) is 5.73 Å². The van der Waals surface area contributed by atoms with Crippen molar-refractivity contribution in [1.82, 2.24) is 4.90 Å². The monoisotopic (exact) mass is 312 g/mol. The summed E-state index contributed by atoms with van der Waals surface area (Å²) in [4.78, 5) is 24.7. The Kier molecular flexibility index (Phi) is 3.41. The van der Waals surface area contributed by atoms with Gasteiger partial charge in [0, 0.05) is 17.6 Å². The Labute approximate surface area is 113 Å². The molecule has 1 saturated heterocycles. The second-order valence-electron chi connectivity index (χ2n) is 4.42. The van der Waals surface area contributed by atoms with E-state index in [-0.39, 0.29) is 18.9 Å². The lowest BCUT2D eigenvalue weighted by Crippen LogP contribution is -2.50. The number of aliphatic carboxylic acids is 1. The Morgan fingerprint density at radius 3 is 2.61 bits per heavy atom. The van der Waals surface area contributed by atoms with Crippen LogP contribution in [0, 0.1) is 0 Å². The summed E-state index contributed by atoms with van der Waals surface area (Å²) in [5.74, 6) is -1.26. The van der Waals surface area contributed by atoms with Crippen molar-refractivity contribution < 1.29 is 14.7 Å². The number of carboxylic acid groups (broad SMARTS) is 1. The van der Waals surface area contributed by atoms with Crippen molar-refractivity contribution in [3.8, 4) is 0 Å². The Bertz CT molecular complexity index is 506. The maximum Gasteiger partial charge on any atom is 0.325 e. The maximum atomic E-state index is 12.2. The molecule has 0 bridgehead atoms. The van der Waals surface area contributed by atoms with E-state index in [1.807, 2.05) is 6.07 Å². The fourth-order valence-corrected chi connectivity index (χ4v) is 2.44. The number of hydrogen-bond acceptors (Lipinski definition) is 3. The highest BCUT2D eigenvalue weighted by Gasteiger charge is 2.43. The molecule has 0 spiro atoms. The van der Waals surface area contributed by atoms with Gasteiger partial charge in [0.2, 0.25) is 0 Å². The van der Waals surface area contributed by atoms with Gasteiger partial charge in [-0.25, -0.2) is 0 Å². The third kappa shape index (κ3) is 2.26. The van der Waals surface area contributed by atoms with Crippen LogP contribution < -0.4 is 5.73 Å². The first-order valence-electron chi connectivity index (χ1n) is 5.50. The SMILES string of the molecule is NC1(C(=O)O)CCN(C(=O)c2ccccc2Br)C1. The second kappa shape index (κ2) is 4.70. The van der Waals surface area contributed by atoms with Crippen LogP contribution in [0.25, 0.3) is 0 Å². The number of benzene rings is 1. The number of rotatable bonds is 2. The number of nitrogens with zero attached hydrogens (tertiary/aromatic N) is 1. The summed E-state index contributed by atoms with van der Waals surface area (Å²) in [5, 5.41) is 9.02. The van der Waals surface area contributed by atoms with E-state index in [1.54, 1.807) is 18.2 Å². The largest absolute Gasteiger partial charge is 0.480 e. The smallest absolute Gasteiger partial charge is 0.325 e. The maximum absolute atomic E-state index is 12.2. The Balaban J connectivity index is 2.18. The standard InChI is InChI=1S/C12H13BrN2O3/c13-9-4-2-1-3-8(9)10(16)15-6-5-12(14,7-15)11(17)18/h1-4H,5-7,14H2,(H,17,18). The molecule has 0 saturated carbocycles. The number of nitrogens with two attached hydrogens (primary N) is 1. The first-order valence-corrected chi connectivity index (χ1v) is 6.29. The first kappa shape index (κ1) is 13.0. The minimum absolute atomic E-state index is 0.0441. The number of carbonyl (C=O) groups is 2. The van der Waals surface area contributed by atoms with Crippen LogP contribution in [0.5, 0.6) is 0 Å². The van der Waals surface area contributed by atoms with E-state index in [1.165, 1.54) is 4.90 Å². The van der Waals surface area contributed by atoms with Gasteiger partial charge in [0.15, 0.2) is 0 Å². The first-order chi connectivity index (χ1) is 8.44. The minimum atomic E-state index is -1.32. The number of carboxylic acids is 1. The molecule has 2 rings (SSSR count). The number of amides is 1. The van der Waals surface area contributed by atoms with Gasteiger partial charge < -0.3 is 15.7 Å². The zero-order valence-electron chi connectivity index (χ0n) is 9.60. The lowest BCUT2D eigenvalue weighted by Gasteiger charge is -2.20. The zero-order chi connectivity index (χ0) is 13.3. The lowest BCUT2D eigenvalue weighted by molar-refractivity contribution is -0.142. The zero-order valence-corrected chi connectivity index (χ0v) is 11.2. The number of hydrogen-bond donors (Lipinski definition) is 2. The summed E-state index contributed by atoms with van der Waals surface area (Å²) in [6.45, 7) is 0.408. The average molecular weight is 313 g/mol. The fraction of sp³-hybridized carbons (Fsp3) is 0.333. The predicted molar refractivity (Wildman–Crippen MR) is 69.2 cm³/mol. The highest BCUT2D eigenvalue weighted by atomic mass is 79.9. The summed E-state index contributed by atoms with van der Waals surface area (Å²) in [5.41, 5.74) is 4.94. The molecule has 1 amide bonds. The molecule has 0 aliphatic carbocycles. The van der Waals surface area contributed by atoms with Crippen LogP contribution in [0.2, 0.25) is 0 Å². The molecule has 1 aliphatic rings. The molecule has 3 N–H and O–H groups in total. The van der Waals surface area contributed by atoms with Crippen LogP contribution in [0.3, 0.4) is 0 Å². The topological polar surface area (TPSA) is 83.6 Å². The molecule has 5 nitrogen and oxygen atoms in total. The van der Waals surface area contributed by atoms with Gasteiger partial charge in [-0.2, -0.15) is 0 Å². The molecule has 18 heavy (non-hydrogen) atoms. The van der Waals surface area contributed by atoms with Crippen molar-refractivity contribution in [2.45, 2.75) is 12.0 Å². The van der Waals surface area contributed by atoms with Gasteiger partial charge in [-0.15, -0.1) is 0 Å². The van der Waals surface area contributed by atoms with Gasteiger partial charge >= 0.3 is 5.97 Å². The molecule has 1 aromatic carbocycles. The summed E-state index contributed by atoms with van der Waals surface area (Å²) >= 11 is 3.31. The van der Waals surface area contributed by atoms with E-state index in [4.69, 9.17) is 10.8 Å². The third-order valence-electron chi connectivity index (χ3n) is 3.12. The third-order valence-corrected chi connectivity index (χ3v) is 3.81. The van der Waals surface area contributed by atoms with Gasteiger partial charge in [-0.05, 0) is 34.5 Å². The number of halogens is 1. The molecule has 1 atom stereocenters. The van der Waals surface area contributed by atoms with E-state index < -0.39 is 11.5 Å². The minimum Gasteiger partial charge on any atom is -0.480 e. The molecule has 0 aromatic heterocycles. The highest BCUT2D eigenvalue weighted by molar-refractivity contribution is 9.10. The van der Waals surface area contributed by atoms with Crippen molar-refractivity contribution in [3.63, 3.8) is 0 Å². The Morgan fingerprint density at radius 2 is 2.06 bits per heavy atom. The van der Waals surface area contributed by atoms with Crippen molar-refractivity contribution >= 4 is 27.8 Å². The van der Waals surface area contributed by atoms with Crippen LogP contribution in [-0.2, 0) is 4.79 Å². The summed E-state index contributed by atoms with van der Waals surface area (Å²) in [6.07, 6.45) is 0.276. The average Bonchev–Trinajstić information content (AvgIpc) is 2.73. The van der Waals surface area contributed by atoms with Crippen LogP contribution in [0.15, 0.2) is 28.7 Å². The molecule has 6 heteroatoms. The summed E-state index contributed by atoms with van der Waals surface area (Å²) in [7, 11) is 0. The van der Waals surface area contributed by atoms with Gasteiger partial charge in [-0.3, -0.25) is 9.59 Å². The van der Waals surface area contributed by atoms with Crippen LogP contribution in [-0.4, -0.2) is 40.5 Å². The molecule has 1 aromatic rings. The predicted octanol–water partition coefficient (Wildman–Crippen LogP) is 1.08. The lowest BCUT2D eigenvalue weighted by atomic mass is 10.0. The van der Waals surface area contributed by atoms with Gasteiger partial charge in [0.1, 0.15) is 5.54 Å². The summed E-state index contributed by atoms with van der Waals surface area (Å²) < 4.78 is 0.694. The number of carbonyl (C=O) groups excluding carboxylic acids is 1. The van der Waals surface area contributed by atoms with Crippen molar-refractivity contribution in [2.75, 3.05) is 13.1 Å². The molecular formula is C12H13BrN2O3. The highest BCUT2D eigenvalue weighted by Crippen LogP contribution is 2.24. The van der Waals surface area contributed by atoms with Gasteiger partial charge in [0.05, 0.1) is 5.56 Å². The fourth-order valence-electron chi connectivity index (χ4n) is 1.99. The molecular weight excluding hydrogens is 300 g/mol. The molecule has 1 heterocycles. The van der Waals surface area contributed by atoms with Crippen LogP contribution >= 0.6 is 15.9 Å². The van der Waals surface area contributed by atoms with Gasteiger partial charge in [-0.1, -0.05) is 12.1 Å². The molecule has 1 aliphatic heterocycles. The van der Waals surface area contributed by atoms with E-state index in [2.05, 4.69) is 15.9 Å². The normalized spacial score (nSPS) is 23.1. The molecule has 1 fully saturated rings. The summed E-state index contributed by atoms with van der Waals surface area (Å²) in [6, 6.07) is 7.05. The molecule has 0 radical (unpaired) electrons. The van der Waals surface area contributed by atoms with E-state index in [0.717, 1.165) is 0 Å². The molecule has 96 valence electrons. The van der Waals surface area contributed by atoms with E-state index in [0.29, 0.717) is 16.6 Å². The van der Waals surface area contributed by atoms with Crippen LogP contribution in [0.4, 0.5) is 0 Å². The van der Waals surface area contributed by atoms with Crippen LogP contribution in [0.1, 0.15) is 16.8 Å². The van der Waals surface area contributed by atoms with Crippen molar-refractivity contribution in [1.29, 1.82) is 0 Å². The van der Waals surface area contributed by atoms with E-state index in [9.17, 15) is 9.59 Å². The van der Waals surface area contributed by atoms with Gasteiger partial charge in [0.25, 0.3) is 5.91 Å². The number of likely N-dealkylation sites (tertiary alicyclic amines) is 1. The quantitative estimate of drug-likeness (QED) is 0.856.